The molecule has 0 fully saturated rings. The first-order valence-corrected chi connectivity index (χ1v) is 6.50. The number of pyridine rings is 2. The zero-order valence-electron chi connectivity index (χ0n) is 12.1. The van der Waals surface area contributed by atoms with E-state index in [2.05, 4.69) is 16.0 Å². The number of benzene rings is 1. The molecule has 0 radical (unpaired) electrons. The van der Waals surface area contributed by atoms with Crippen LogP contribution in [-0.4, -0.2) is 21.0 Å². The van der Waals surface area contributed by atoms with Crippen LogP contribution in [0.2, 0.25) is 0 Å². The Bertz CT molecular complexity index is 787. The van der Waals surface area contributed by atoms with Gasteiger partial charge < -0.3 is 10.1 Å². The van der Waals surface area contributed by atoms with E-state index in [0.29, 0.717) is 11.3 Å². The molecule has 2 heterocycles. The van der Waals surface area contributed by atoms with E-state index in [-0.39, 0.29) is 26.8 Å². The summed E-state index contributed by atoms with van der Waals surface area (Å²) in [6.07, 6.45) is 3.04. The molecule has 1 aromatic carbocycles. The molecule has 24 heavy (non-hydrogen) atoms. The van der Waals surface area contributed by atoms with Crippen molar-refractivity contribution in [2.75, 3.05) is 0 Å². The molecule has 3 rings (SSSR count). The van der Waals surface area contributed by atoms with Crippen LogP contribution in [0.5, 0.6) is 0 Å². The third-order valence-corrected chi connectivity index (χ3v) is 2.68. The molecule has 0 amide bonds. The van der Waals surface area contributed by atoms with Crippen LogP contribution in [0.15, 0.2) is 60.9 Å². The topological polar surface area (TPSA) is 63.1 Å². The Hall–Kier alpha value is -2.46. The Labute approximate surface area is 151 Å². The number of carboxylic acid groups (broad SMARTS) is 1. The number of hydrogen-bond donors (Lipinski definition) is 1. The number of rotatable bonds is 2. The summed E-state index contributed by atoms with van der Waals surface area (Å²) >= 11 is 0. The van der Waals surface area contributed by atoms with Gasteiger partial charge in [-0.2, -0.15) is 0 Å². The molecule has 2 aromatic heterocycles. The Morgan fingerprint density at radius 2 is 1.67 bits per heavy atom. The molecular formula is C17H11F2N2O2Pt-. The fourth-order valence-corrected chi connectivity index (χ4v) is 1.61. The number of aromatic nitrogens is 2. The van der Waals surface area contributed by atoms with Gasteiger partial charge in [0.15, 0.2) is 0 Å². The minimum atomic E-state index is -0.990. The van der Waals surface area contributed by atoms with E-state index in [1.165, 1.54) is 12.3 Å². The van der Waals surface area contributed by atoms with Crippen LogP contribution in [0, 0.1) is 17.7 Å². The van der Waals surface area contributed by atoms with Crippen molar-refractivity contribution in [1.82, 2.24) is 9.97 Å². The third-order valence-electron chi connectivity index (χ3n) is 2.68. The van der Waals surface area contributed by atoms with Gasteiger partial charge in [-0.05, 0) is 23.9 Å². The van der Waals surface area contributed by atoms with Crippen molar-refractivity contribution in [3.05, 3.63) is 84.3 Å². The van der Waals surface area contributed by atoms with Crippen LogP contribution < -0.4 is 0 Å². The second kappa shape index (κ2) is 9.63. The minimum Gasteiger partial charge on any atom is -0.477 e. The van der Waals surface area contributed by atoms with Crippen LogP contribution in [-0.2, 0) is 21.1 Å². The summed E-state index contributed by atoms with van der Waals surface area (Å²) in [7, 11) is 0. The first-order valence-electron chi connectivity index (χ1n) is 6.50. The van der Waals surface area contributed by atoms with Crippen molar-refractivity contribution in [1.29, 1.82) is 0 Å². The largest absolute Gasteiger partial charge is 0.477 e. The summed E-state index contributed by atoms with van der Waals surface area (Å²) in [5, 5.41) is 8.32. The molecule has 3 aromatic rings. The quantitative estimate of drug-likeness (QED) is 0.538. The van der Waals surface area contributed by atoms with Crippen molar-refractivity contribution in [3.8, 4) is 11.3 Å². The standard InChI is InChI=1S/C11H6F2N.C6H5NO2.Pt/c12-9-5-4-8(7-10(9)13)11-3-1-2-6-14-11;8-6(9)5-3-1-2-4-7-5;/h1-3,5-7H;1-4H,(H,8,9);/q-1;;. The smallest absolute Gasteiger partial charge is 0.354 e. The normalized spacial score (nSPS) is 9.25. The zero-order chi connectivity index (χ0) is 16.7. The summed E-state index contributed by atoms with van der Waals surface area (Å²) in [6, 6.07) is 14.7. The van der Waals surface area contributed by atoms with E-state index in [9.17, 15) is 13.6 Å². The van der Waals surface area contributed by atoms with Crippen molar-refractivity contribution in [3.63, 3.8) is 0 Å². The fraction of sp³-hybridized carbons (Fsp3) is 0. The fourth-order valence-electron chi connectivity index (χ4n) is 1.61. The van der Waals surface area contributed by atoms with E-state index in [1.807, 2.05) is 0 Å². The van der Waals surface area contributed by atoms with Crippen molar-refractivity contribution in [2.24, 2.45) is 0 Å². The monoisotopic (exact) mass is 508 g/mol. The predicted octanol–water partition coefficient (Wildman–Crippen LogP) is 3.60. The van der Waals surface area contributed by atoms with Crippen LogP contribution >= 0.6 is 0 Å². The predicted molar refractivity (Wildman–Crippen MR) is 79.6 cm³/mol. The Balaban J connectivity index is 0.000000252. The SMILES string of the molecule is Fc1c[c-]c(-c2ccccn2)cc1F.O=C(O)c1ccccn1.[Pt]. The average Bonchev–Trinajstić information content (AvgIpc) is 2.59. The maximum Gasteiger partial charge on any atom is 0.354 e. The van der Waals surface area contributed by atoms with Gasteiger partial charge in [-0.15, -0.1) is 23.8 Å². The van der Waals surface area contributed by atoms with Gasteiger partial charge in [0.05, 0.1) is 11.6 Å². The number of aromatic carboxylic acids is 1. The van der Waals surface area contributed by atoms with E-state index >= 15 is 0 Å². The third kappa shape index (κ3) is 5.63. The van der Waals surface area contributed by atoms with Gasteiger partial charge in [0.1, 0.15) is 5.69 Å². The molecule has 126 valence electrons. The molecule has 7 heteroatoms. The van der Waals surface area contributed by atoms with E-state index in [0.717, 1.165) is 12.1 Å². The van der Waals surface area contributed by atoms with E-state index in [1.54, 1.807) is 36.5 Å². The van der Waals surface area contributed by atoms with Crippen molar-refractivity contribution < 1.29 is 39.7 Å². The summed E-state index contributed by atoms with van der Waals surface area (Å²) in [5.41, 5.74) is 1.11. The number of hydrogen-bond acceptors (Lipinski definition) is 3. The molecule has 0 aliphatic rings. The number of carboxylic acids is 1. The Morgan fingerprint density at radius 1 is 1.00 bits per heavy atom. The molecule has 0 aliphatic carbocycles. The van der Waals surface area contributed by atoms with Crippen molar-refractivity contribution in [2.45, 2.75) is 0 Å². The molecule has 0 saturated heterocycles. The maximum atomic E-state index is 12.8. The summed E-state index contributed by atoms with van der Waals surface area (Å²) in [6.45, 7) is 0. The summed E-state index contributed by atoms with van der Waals surface area (Å²) in [5.74, 6) is -2.77. The molecule has 4 nitrogen and oxygen atoms in total. The van der Waals surface area contributed by atoms with Gasteiger partial charge in [0.2, 0.25) is 0 Å². The first-order chi connectivity index (χ1) is 11.1. The average molecular weight is 508 g/mol. The van der Waals surface area contributed by atoms with Gasteiger partial charge in [-0.1, -0.05) is 18.2 Å². The molecule has 0 saturated carbocycles. The number of halogens is 2. The number of carbonyl (C=O) groups is 1. The van der Waals surface area contributed by atoms with Gasteiger partial charge in [0.25, 0.3) is 0 Å². The van der Waals surface area contributed by atoms with Crippen LogP contribution in [0.3, 0.4) is 0 Å². The zero-order valence-corrected chi connectivity index (χ0v) is 14.4. The van der Waals surface area contributed by atoms with Crippen LogP contribution in [0.4, 0.5) is 8.78 Å². The maximum absolute atomic E-state index is 12.8. The Morgan fingerprint density at radius 3 is 2.12 bits per heavy atom. The molecule has 0 aliphatic heterocycles. The van der Waals surface area contributed by atoms with Crippen LogP contribution in [0.1, 0.15) is 10.5 Å². The number of nitrogens with zero attached hydrogens (tertiary/aromatic N) is 2. The van der Waals surface area contributed by atoms with Gasteiger partial charge >= 0.3 is 5.97 Å². The van der Waals surface area contributed by atoms with E-state index < -0.39 is 17.6 Å². The molecule has 0 spiro atoms. The summed E-state index contributed by atoms with van der Waals surface area (Å²) in [4.78, 5) is 17.7. The summed E-state index contributed by atoms with van der Waals surface area (Å²) < 4.78 is 25.4. The Kier molecular flexibility index (Phi) is 7.86. The molecule has 0 bridgehead atoms. The van der Waals surface area contributed by atoms with Gasteiger partial charge in [0, 0.05) is 33.5 Å². The van der Waals surface area contributed by atoms with E-state index in [4.69, 9.17) is 5.11 Å². The molecular weight excluding hydrogens is 497 g/mol. The molecule has 1 N–H and O–H groups in total. The minimum absolute atomic E-state index is 0. The van der Waals surface area contributed by atoms with Gasteiger partial charge in [-0.3, -0.25) is 4.39 Å². The van der Waals surface area contributed by atoms with Gasteiger partial charge in [-0.25, -0.2) is 14.2 Å². The second-order valence-electron chi connectivity index (χ2n) is 4.28. The van der Waals surface area contributed by atoms with Crippen LogP contribution in [0.25, 0.3) is 11.3 Å². The molecule has 0 unspecified atom stereocenters. The second-order valence-corrected chi connectivity index (χ2v) is 4.28. The molecule has 0 atom stereocenters. The van der Waals surface area contributed by atoms with Crippen molar-refractivity contribution >= 4 is 5.97 Å². The first kappa shape index (κ1) is 19.6.